The van der Waals surface area contributed by atoms with Gasteiger partial charge in [-0.25, -0.2) is 8.42 Å². The zero-order valence-electron chi connectivity index (χ0n) is 19.5. The quantitative estimate of drug-likeness (QED) is 0.547. The van der Waals surface area contributed by atoms with Gasteiger partial charge < -0.3 is 14.6 Å². The molecule has 2 fully saturated rings. The molecule has 35 heavy (non-hydrogen) atoms. The number of sulfonamides is 1. The Hall–Kier alpha value is -3.24. The summed E-state index contributed by atoms with van der Waals surface area (Å²) in [5, 5.41) is 10.6. The lowest BCUT2D eigenvalue weighted by atomic mass is 10.1. The first-order valence-electron chi connectivity index (χ1n) is 12.1. The first-order valence-corrected chi connectivity index (χ1v) is 13.5. The maximum absolute atomic E-state index is 13.5. The van der Waals surface area contributed by atoms with Crippen molar-refractivity contribution in [2.75, 3.05) is 36.4 Å². The highest BCUT2D eigenvalue weighted by Crippen LogP contribution is 2.30. The molecule has 2 saturated heterocycles. The second-order valence-corrected chi connectivity index (χ2v) is 10.9. The van der Waals surface area contributed by atoms with Crippen molar-refractivity contribution in [3.05, 3.63) is 54.4 Å². The number of amides is 1. The molecular weight excluding hydrogens is 466 g/mol. The fourth-order valence-corrected chi connectivity index (χ4v) is 6.29. The Morgan fingerprint density at radius 1 is 0.914 bits per heavy atom. The predicted molar refractivity (Wildman–Crippen MR) is 133 cm³/mol. The van der Waals surface area contributed by atoms with Crippen LogP contribution in [0.2, 0.25) is 0 Å². The van der Waals surface area contributed by atoms with Crippen LogP contribution in [0.1, 0.15) is 48.9 Å². The third kappa shape index (κ3) is 5.08. The van der Waals surface area contributed by atoms with E-state index in [1.165, 1.54) is 16.8 Å². The van der Waals surface area contributed by atoms with Gasteiger partial charge in [-0.2, -0.15) is 4.31 Å². The van der Waals surface area contributed by atoms with Gasteiger partial charge in [-0.15, -0.1) is 10.2 Å². The molecule has 0 saturated carbocycles. The van der Waals surface area contributed by atoms with E-state index >= 15 is 0 Å². The van der Waals surface area contributed by atoms with Gasteiger partial charge in [0.2, 0.25) is 22.3 Å². The normalized spacial score (nSPS) is 17.3. The zero-order chi connectivity index (χ0) is 24.3. The van der Waals surface area contributed by atoms with Crippen LogP contribution in [0, 0.1) is 0 Å². The number of piperidine rings is 2. The number of benzene rings is 2. The maximum atomic E-state index is 13.5. The summed E-state index contributed by atoms with van der Waals surface area (Å²) in [6.45, 7) is 2.71. The number of anilines is 2. The average Bonchev–Trinajstić information content (AvgIpc) is 3.45. The van der Waals surface area contributed by atoms with Crippen molar-refractivity contribution in [1.82, 2.24) is 14.5 Å². The number of nitrogens with zero attached hydrogens (tertiary/aromatic N) is 4. The lowest BCUT2D eigenvalue weighted by Crippen LogP contribution is -2.36. The monoisotopic (exact) mass is 495 g/mol. The predicted octanol–water partition coefficient (Wildman–Crippen LogP) is 4.15. The molecule has 1 amide bonds. The third-order valence-electron chi connectivity index (χ3n) is 6.59. The minimum absolute atomic E-state index is 0.157. The number of hydrogen-bond acceptors (Lipinski definition) is 7. The fourth-order valence-electron chi connectivity index (χ4n) is 4.75. The van der Waals surface area contributed by atoms with Crippen molar-refractivity contribution in [1.29, 1.82) is 0 Å². The van der Waals surface area contributed by atoms with E-state index in [0.29, 0.717) is 35.8 Å². The second kappa shape index (κ2) is 10.2. The van der Waals surface area contributed by atoms with Crippen LogP contribution in [0.3, 0.4) is 0 Å². The van der Waals surface area contributed by atoms with E-state index in [1.54, 1.807) is 30.3 Å². The number of nitrogens with one attached hydrogen (secondary N) is 1. The van der Waals surface area contributed by atoms with Crippen LogP contribution < -0.4 is 10.2 Å². The first-order chi connectivity index (χ1) is 17.0. The van der Waals surface area contributed by atoms with E-state index in [9.17, 15) is 13.2 Å². The van der Waals surface area contributed by atoms with E-state index in [2.05, 4.69) is 20.4 Å². The molecule has 10 heteroatoms. The minimum atomic E-state index is -3.67. The summed E-state index contributed by atoms with van der Waals surface area (Å²) in [5.74, 6) is -0.00586. The van der Waals surface area contributed by atoms with Crippen LogP contribution in [0.4, 0.5) is 11.4 Å². The smallest absolute Gasteiger partial charge is 0.257 e. The Kier molecular flexibility index (Phi) is 6.83. The highest BCUT2D eigenvalue weighted by molar-refractivity contribution is 7.89. The molecule has 0 unspecified atom stereocenters. The SMILES string of the molecule is O=C(Nc1cccc(-c2nnco2)c1)c1cc(S(=O)(=O)N2CCCCC2)ccc1N1CCCCC1. The highest BCUT2D eigenvalue weighted by Gasteiger charge is 2.28. The molecule has 0 spiro atoms. The van der Waals surface area contributed by atoms with E-state index in [-0.39, 0.29) is 10.8 Å². The van der Waals surface area contributed by atoms with Crippen molar-refractivity contribution >= 4 is 27.3 Å². The van der Waals surface area contributed by atoms with Gasteiger partial charge in [0.15, 0.2) is 0 Å². The van der Waals surface area contributed by atoms with Gasteiger partial charge in [-0.1, -0.05) is 12.5 Å². The van der Waals surface area contributed by atoms with Crippen LogP contribution in [0.15, 0.2) is 58.2 Å². The number of hydrogen-bond donors (Lipinski definition) is 1. The van der Waals surface area contributed by atoms with Gasteiger partial charge in [0.1, 0.15) is 0 Å². The van der Waals surface area contributed by atoms with Gasteiger partial charge in [-0.05, 0) is 68.5 Å². The molecule has 0 radical (unpaired) electrons. The molecule has 2 aromatic carbocycles. The lowest BCUT2D eigenvalue weighted by Gasteiger charge is -2.31. The summed E-state index contributed by atoms with van der Waals surface area (Å²) >= 11 is 0. The summed E-state index contributed by atoms with van der Waals surface area (Å²) in [6.07, 6.45) is 7.24. The molecule has 5 rings (SSSR count). The molecule has 0 atom stereocenters. The van der Waals surface area contributed by atoms with Crippen LogP contribution >= 0.6 is 0 Å². The van der Waals surface area contributed by atoms with E-state index in [4.69, 9.17) is 4.42 Å². The molecular formula is C25H29N5O4S. The summed E-state index contributed by atoms with van der Waals surface area (Å²) in [5.41, 5.74) is 2.35. The van der Waals surface area contributed by atoms with E-state index < -0.39 is 10.0 Å². The fraction of sp³-hybridized carbons (Fsp3) is 0.400. The summed E-state index contributed by atoms with van der Waals surface area (Å²) in [4.78, 5) is 15.9. The Labute approximate surface area is 205 Å². The standard InChI is InChI=1S/C25H29N5O4S/c31-24(27-20-9-7-8-19(16-20)25-28-26-18-34-25)22-17-21(35(32,33)30-14-5-2-6-15-30)10-11-23(22)29-12-3-1-4-13-29/h7-11,16-18H,1-6,12-15H2,(H,27,31). The van der Waals surface area contributed by atoms with Crippen molar-refractivity contribution in [3.63, 3.8) is 0 Å². The zero-order valence-corrected chi connectivity index (χ0v) is 20.3. The first kappa shape index (κ1) is 23.5. The molecule has 3 heterocycles. The van der Waals surface area contributed by atoms with Crippen molar-refractivity contribution in [2.24, 2.45) is 0 Å². The van der Waals surface area contributed by atoms with Gasteiger partial charge in [0.05, 0.1) is 10.5 Å². The molecule has 2 aliphatic heterocycles. The van der Waals surface area contributed by atoms with Gasteiger partial charge in [-0.3, -0.25) is 4.79 Å². The third-order valence-corrected chi connectivity index (χ3v) is 8.48. The topological polar surface area (TPSA) is 109 Å². The summed E-state index contributed by atoms with van der Waals surface area (Å²) in [6, 6.07) is 12.1. The van der Waals surface area contributed by atoms with Gasteiger partial charge in [0, 0.05) is 43.1 Å². The minimum Gasteiger partial charge on any atom is -0.423 e. The molecule has 2 aliphatic rings. The van der Waals surface area contributed by atoms with Gasteiger partial charge >= 0.3 is 0 Å². The highest BCUT2D eigenvalue weighted by atomic mass is 32.2. The van der Waals surface area contributed by atoms with Crippen LogP contribution in [0.25, 0.3) is 11.5 Å². The number of carbonyl (C=O) groups excluding carboxylic acids is 1. The number of aromatic nitrogens is 2. The Bertz CT molecular complexity index is 1280. The average molecular weight is 496 g/mol. The molecule has 184 valence electrons. The van der Waals surface area contributed by atoms with Crippen molar-refractivity contribution in [2.45, 2.75) is 43.4 Å². The molecule has 9 nitrogen and oxygen atoms in total. The largest absolute Gasteiger partial charge is 0.423 e. The summed E-state index contributed by atoms with van der Waals surface area (Å²) in [7, 11) is -3.67. The Morgan fingerprint density at radius 3 is 2.37 bits per heavy atom. The van der Waals surface area contributed by atoms with E-state index in [1.807, 2.05) is 6.07 Å². The Balaban J connectivity index is 1.48. The number of rotatable bonds is 6. The van der Waals surface area contributed by atoms with Crippen molar-refractivity contribution in [3.8, 4) is 11.5 Å². The Morgan fingerprint density at radius 2 is 1.66 bits per heavy atom. The molecule has 0 aliphatic carbocycles. The van der Waals surface area contributed by atoms with Crippen LogP contribution in [0.5, 0.6) is 0 Å². The van der Waals surface area contributed by atoms with Gasteiger partial charge in [0.25, 0.3) is 5.91 Å². The molecule has 3 aromatic rings. The van der Waals surface area contributed by atoms with Crippen molar-refractivity contribution < 1.29 is 17.6 Å². The molecule has 1 N–H and O–H groups in total. The van der Waals surface area contributed by atoms with E-state index in [0.717, 1.165) is 57.3 Å². The second-order valence-electron chi connectivity index (χ2n) is 8.97. The van der Waals surface area contributed by atoms with Crippen LogP contribution in [-0.4, -0.2) is 55.0 Å². The van der Waals surface area contributed by atoms with Crippen LogP contribution in [-0.2, 0) is 10.0 Å². The molecule has 0 bridgehead atoms. The maximum Gasteiger partial charge on any atom is 0.257 e. The lowest BCUT2D eigenvalue weighted by molar-refractivity contribution is 0.102. The molecule has 1 aromatic heterocycles. The summed E-state index contributed by atoms with van der Waals surface area (Å²) < 4.78 is 33.5. The number of carbonyl (C=O) groups is 1.